The van der Waals surface area contributed by atoms with Gasteiger partial charge in [0.05, 0.1) is 34.8 Å². The summed E-state index contributed by atoms with van der Waals surface area (Å²) in [5.74, 6) is -1.56. The van der Waals surface area contributed by atoms with Gasteiger partial charge in [0.1, 0.15) is 10.8 Å². The van der Waals surface area contributed by atoms with E-state index in [2.05, 4.69) is 10.3 Å². The van der Waals surface area contributed by atoms with Gasteiger partial charge in [-0.3, -0.25) is 4.79 Å². The van der Waals surface area contributed by atoms with Crippen LogP contribution in [0.3, 0.4) is 0 Å². The summed E-state index contributed by atoms with van der Waals surface area (Å²) in [5, 5.41) is 14.2. The van der Waals surface area contributed by atoms with Crippen molar-refractivity contribution in [2.45, 2.75) is 26.7 Å². The first-order valence-corrected chi connectivity index (χ1v) is 7.97. The highest BCUT2D eigenvalue weighted by Crippen LogP contribution is 2.28. The van der Waals surface area contributed by atoms with Crippen molar-refractivity contribution in [1.82, 2.24) is 4.98 Å². The van der Waals surface area contributed by atoms with Crippen LogP contribution in [0.5, 0.6) is 5.75 Å². The van der Waals surface area contributed by atoms with Gasteiger partial charge < -0.3 is 20.0 Å². The smallest absolute Gasteiger partial charge is 0.234 e. The lowest BCUT2D eigenvalue weighted by Crippen LogP contribution is -2.21. The summed E-state index contributed by atoms with van der Waals surface area (Å²) < 4.78 is 5.46. The zero-order chi connectivity index (χ0) is 17.0. The van der Waals surface area contributed by atoms with Crippen LogP contribution in [0.1, 0.15) is 40.1 Å². The molecule has 7 heteroatoms. The van der Waals surface area contributed by atoms with E-state index in [9.17, 15) is 14.7 Å². The van der Waals surface area contributed by atoms with E-state index in [1.54, 1.807) is 32.0 Å². The Labute approximate surface area is 138 Å². The second kappa shape index (κ2) is 7.23. The average Bonchev–Trinajstić information content (AvgIpc) is 2.90. The molecule has 0 spiro atoms. The quantitative estimate of drug-likeness (QED) is 0.872. The minimum atomic E-state index is -1.28. The Bertz CT molecular complexity index is 727. The summed E-state index contributed by atoms with van der Waals surface area (Å²) in [6.07, 6.45) is 0. The number of aromatic nitrogens is 1. The molecule has 23 heavy (non-hydrogen) atoms. The van der Waals surface area contributed by atoms with E-state index in [1.165, 1.54) is 0 Å². The molecule has 1 heterocycles. The monoisotopic (exact) mass is 333 g/mol. The molecular formula is C16H17N2O4S-. The summed E-state index contributed by atoms with van der Waals surface area (Å²) in [6.45, 7) is 5.61. The number of carboxylic acid groups (broad SMARTS) is 1. The maximum Gasteiger partial charge on any atom is 0.234 e. The van der Waals surface area contributed by atoms with Crippen molar-refractivity contribution in [3.05, 3.63) is 39.8 Å². The standard InChI is InChI=1S/C16H18N2O4S/c1-4-22-12-8-6-5-7-11(12)18-14(19)9(2)15-17-10(3)13(23-15)16(20)21/h5-9H,4H2,1-3H3,(H,18,19)(H,20,21)/p-1/t9-/m0/s1. The fraction of sp³-hybridized carbons (Fsp3) is 0.312. The fourth-order valence-corrected chi connectivity index (χ4v) is 2.95. The van der Waals surface area contributed by atoms with E-state index < -0.39 is 11.9 Å². The number of rotatable bonds is 6. The van der Waals surface area contributed by atoms with Gasteiger partial charge >= 0.3 is 0 Å². The first-order valence-electron chi connectivity index (χ1n) is 7.15. The number of nitrogens with zero attached hydrogens (tertiary/aromatic N) is 1. The first kappa shape index (κ1) is 17.0. The Kier molecular flexibility index (Phi) is 5.33. The van der Waals surface area contributed by atoms with E-state index in [0.29, 0.717) is 28.7 Å². The highest BCUT2D eigenvalue weighted by atomic mass is 32.1. The molecular weight excluding hydrogens is 316 g/mol. The summed E-state index contributed by atoms with van der Waals surface area (Å²) in [7, 11) is 0. The Morgan fingerprint density at radius 3 is 2.70 bits per heavy atom. The number of aryl methyl sites for hydroxylation is 1. The molecule has 2 rings (SSSR count). The van der Waals surface area contributed by atoms with Crippen LogP contribution in [0.15, 0.2) is 24.3 Å². The topological polar surface area (TPSA) is 91.3 Å². The second-order valence-electron chi connectivity index (χ2n) is 4.89. The molecule has 122 valence electrons. The number of hydrogen-bond donors (Lipinski definition) is 1. The number of anilines is 1. The minimum Gasteiger partial charge on any atom is -0.544 e. The lowest BCUT2D eigenvalue weighted by molar-refractivity contribution is -0.254. The van der Waals surface area contributed by atoms with E-state index in [-0.39, 0.29) is 10.8 Å². The van der Waals surface area contributed by atoms with Crippen molar-refractivity contribution in [3.8, 4) is 5.75 Å². The third-order valence-electron chi connectivity index (χ3n) is 3.21. The predicted octanol–water partition coefficient (Wildman–Crippen LogP) is 1.96. The third-order valence-corrected chi connectivity index (χ3v) is 4.53. The average molecular weight is 333 g/mol. The Balaban J connectivity index is 2.17. The molecule has 6 nitrogen and oxygen atoms in total. The van der Waals surface area contributed by atoms with E-state index in [0.717, 1.165) is 11.3 Å². The molecule has 0 aliphatic rings. The largest absolute Gasteiger partial charge is 0.544 e. The van der Waals surface area contributed by atoms with E-state index >= 15 is 0 Å². The number of nitrogens with one attached hydrogen (secondary N) is 1. The van der Waals surface area contributed by atoms with Gasteiger partial charge in [0, 0.05) is 0 Å². The third kappa shape index (κ3) is 3.87. The van der Waals surface area contributed by atoms with Gasteiger partial charge in [0.25, 0.3) is 0 Å². The SMILES string of the molecule is CCOc1ccccc1NC(=O)[C@H](C)c1nc(C)c(C(=O)[O-])s1. The lowest BCUT2D eigenvalue weighted by atomic mass is 10.1. The Hall–Kier alpha value is -2.41. The molecule has 0 saturated carbocycles. The highest BCUT2D eigenvalue weighted by molar-refractivity contribution is 7.13. The number of ether oxygens (including phenoxy) is 1. The van der Waals surface area contributed by atoms with Crippen molar-refractivity contribution < 1.29 is 19.4 Å². The van der Waals surface area contributed by atoms with Crippen LogP contribution in [-0.2, 0) is 4.79 Å². The molecule has 1 aromatic heterocycles. The zero-order valence-electron chi connectivity index (χ0n) is 13.1. The number of thiazole rings is 1. The summed E-state index contributed by atoms with van der Waals surface area (Å²) in [6, 6.07) is 7.13. The minimum absolute atomic E-state index is 0.0503. The van der Waals surface area contributed by atoms with E-state index in [1.807, 2.05) is 13.0 Å². The van der Waals surface area contributed by atoms with Crippen molar-refractivity contribution in [1.29, 1.82) is 0 Å². The molecule has 1 aromatic carbocycles. The number of benzene rings is 1. The number of hydrogen-bond acceptors (Lipinski definition) is 6. The van der Waals surface area contributed by atoms with Crippen molar-refractivity contribution in [2.75, 3.05) is 11.9 Å². The number of para-hydroxylation sites is 2. The first-order chi connectivity index (χ1) is 10.9. The number of carbonyl (C=O) groups is 2. The lowest BCUT2D eigenvalue weighted by Gasteiger charge is -2.13. The summed E-state index contributed by atoms with van der Waals surface area (Å²) in [5.41, 5.74) is 0.930. The number of amides is 1. The van der Waals surface area contributed by atoms with Crippen LogP contribution in [0.25, 0.3) is 0 Å². The molecule has 1 atom stereocenters. The van der Waals surface area contributed by atoms with Crippen molar-refractivity contribution >= 4 is 28.9 Å². The molecule has 1 N–H and O–H groups in total. The van der Waals surface area contributed by atoms with Gasteiger partial charge in [0.15, 0.2) is 0 Å². The van der Waals surface area contributed by atoms with Gasteiger partial charge in [-0.1, -0.05) is 12.1 Å². The zero-order valence-corrected chi connectivity index (χ0v) is 13.9. The Morgan fingerprint density at radius 2 is 2.09 bits per heavy atom. The fourth-order valence-electron chi connectivity index (χ4n) is 2.00. The molecule has 2 aromatic rings. The number of aromatic carboxylic acids is 1. The highest BCUT2D eigenvalue weighted by Gasteiger charge is 2.21. The summed E-state index contributed by atoms with van der Waals surface area (Å²) in [4.78, 5) is 27.6. The molecule has 1 amide bonds. The summed E-state index contributed by atoms with van der Waals surface area (Å²) >= 11 is 0.964. The van der Waals surface area contributed by atoms with Crippen molar-refractivity contribution in [2.24, 2.45) is 0 Å². The van der Waals surface area contributed by atoms with E-state index in [4.69, 9.17) is 4.74 Å². The maximum atomic E-state index is 12.4. The molecule has 0 saturated heterocycles. The molecule has 0 unspecified atom stereocenters. The van der Waals surface area contributed by atoms with Crippen LogP contribution < -0.4 is 15.2 Å². The molecule has 0 radical (unpaired) electrons. The molecule has 0 aliphatic heterocycles. The number of carboxylic acids is 1. The number of carbonyl (C=O) groups excluding carboxylic acids is 2. The van der Waals surface area contributed by atoms with Crippen LogP contribution in [0.4, 0.5) is 5.69 Å². The van der Waals surface area contributed by atoms with Crippen LogP contribution in [0.2, 0.25) is 0 Å². The van der Waals surface area contributed by atoms with Crippen molar-refractivity contribution in [3.63, 3.8) is 0 Å². The normalized spacial score (nSPS) is 11.8. The Morgan fingerprint density at radius 1 is 1.39 bits per heavy atom. The van der Waals surface area contributed by atoms with Gasteiger partial charge in [-0.2, -0.15) is 0 Å². The second-order valence-corrected chi connectivity index (χ2v) is 5.92. The predicted molar refractivity (Wildman–Crippen MR) is 85.8 cm³/mol. The molecule has 0 aliphatic carbocycles. The van der Waals surface area contributed by atoms with Gasteiger partial charge in [-0.05, 0) is 32.9 Å². The molecule has 0 fully saturated rings. The van der Waals surface area contributed by atoms with Gasteiger partial charge in [-0.25, -0.2) is 4.98 Å². The van der Waals surface area contributed by atoms with Gasteiger partial charge in [-0.15, -0.1) is 11.3 Å². The van der Waals surface area contributed by atoms with Crippen LogP contribution >= 0.6 is 11.3 Å². The molecule has 0 bridgehead atoms. The van der Waals surface area contributed by atoms with Gasteiger partial charge in [0.2, 0.25) is 5.91 Å². The maximum absolute atomic E-state index is 12.4. The van der Waals surface area contributed by atoms with Crippen LogP contribution in [-0.4, -0.2) is 23.5 Å². The van der Waals surface area contributed by atoms with Crippen LogP contribution in [0, 0.1) is 6.92 Å².